The van der Waals surface area contributed by atoms with Crippen molar-refractivity contribution in [1.82, 2.24) is 0 Å². The Bertz CT molecular complexity index is 586. The van der Waals surface area contributed by atoms with E-state index in [4.69, 9.17) is 21.1 Å². The second kappa shape index (κ2) is 8.50. The molecule has 0 aliphatic carbocycles. The van der Waals surface area contributed by atoms with E-state index in [1.807, 2.05) is 30.3 Å². The Hall–Kier alpha value is -0.930. The third kappa shape index (κ3) is 4.27. The largest absolute Gasteiger partial charge is 0.495 e. The van der Waals surface area contributed by atoms with E-state index < -0.39 is 0 Å². The number of ether oxygens (including phenoxy) is 2. The van der Waals surface area contributed by atoms with Crippen molar-refractivity contribution in [3.63, 3.8) is 0 Å². The van der Waals surface area contributed by atoms with Gasteiger partial charge in [0.1, 0.15) is 11.5 Å². The molecule has 0 atom stereocenters. The lowest BCUT2D eigenvalue weighted by atomic mass is 10.1. The molecule has 2 aromatic rings. The normalized spacial score (nSPS) is 10.8. The van der Waals surface area contributed by atoms with Crippen LogP contribution < -0.4 is 9.47 Å². The van der Waals surface area contributed by atoms with Crippen LogP contribution in [0.15, 0.2) is 30.3 Å². The summed E-state index contributed by atoms with van der Waals surface area (Å²) < 4.78 is 11.3. The SMILES string of the molecule is COc1c(Cl)cc(OCCCCCCBr)c2ccccc12. The van der Waals surface area contributed by atoms with E-state index in [9.17, 15) is 0 Å². The van der Waals surface area contributed by atoms with E-state index in [1.165, 1.54) is 19.3 Å². The second-order valence-corrected chi connectivity index (χ2v) is 6.09. The number of unbranched alkanes of at least 4 members (excludes halogenated alkanes) is 3. The van der Waals surface area contributed by atoms with Crippen molar-refractivity contribution in [3.05, 3.63) is 35.4 Å². The lowest BCUT2D eigenvalue weighted by Crippen LogP contribution is -1.99. The Labute approximate surface area is 139 Å². The molecule has 0 N–H and O–H groups in total. The Morgan fingerprint density at radius 2 is 1.76 bits per heavy atom. The third-order valence-corrected chi connectivity index (χ3v) is 4.24. The fourth-order valence-electron chi connectivity index (χ4n) is 2.34. The van der Waals surface area contributed by atoms with Gasteiger partial charge in [-0.25, -0.2) is 0 Å². The predicted molar refractivity (Wildman–Crippen MR) is 93.3 cm³/mol. The van der Waals surface area contributed by atoms with Crippen LogP contribution in [0, 0.1) is 0 Å². The van der Waals surface area contributed by atoms with Crippen LogP contribution in [0.25, 0.3) is 10.8 Å². The standard InChI is InChI=1S/C17H20BrClO2/c1-20-17-14-9-5-4-8-13(14)16(12-15(17)19)21-11-7-3-2-6-10-18/h4-5,8-9,12H,2-3,6-7,10-11H2,1H3. The smallest absolute Gasteiger partial charge is 0.145 e. The molecule has 0 aromatic heterocycles. The van der Waals surface area contributed by atoms with Crippen molar-refractivity contribution in [1.29, 1.82) is 0 Å². The Morgan fingerprint density at radius 1 is 1.05 bits per heavy atom. The average molecular weight is 372 g/mol. The van der Waals surface area contributed by atoms with Crippen molar-refractivity contribution in [2.45, 2.75) is 25.7 Å². The summed E-state index contributed by atoms with van der Waals surface area (Å²) in [5, 5.41) is 3.69. The van der Waals surface area contributed by atoms with E-state index in [2.05, 4.69) is 15.9 Å². The van der Waals surface area contributed by atoms with Crippen LogP contribution in [0.2, 0.25) is 5.02 Å². The molecule has 2 nitrogen and oxygen atoms in total. The molecule has 2 aromatic carbocycles. The van der Waals surface area contributed by atoms with Crippen molar-refractivity contribution in [3.8, 4) is 11.5 Å². The maximum absolute atomic E-state index is 6.28. The summed E-state index contributed by atoms with van der Waals surface area (Å²) in [6, 6.07) is 9.86. The second-order valence-electron chi connectivity index (χ2n) is 4.89. The minimum Gasteiger partial charge on any atom is -0.495 e. The third-order valence-electron chi connectivity index (χ3n) is 3.40. The molecule has 0 aliphatic heterocycles. The van der Waals surface area contributed by atoms with Crippen LogP contribution in [-0.4, -0.2) is 19.0 Å². The van der Waals surface area contributed by atoms with Gasteiger partial charge in [0.15, 0.2) is 0 Å². The van der Waals surface area contributed by atoms with E-state index in [0.717, 1.165) is 34.9 Å². The highest BCUT2D eigenvalue weighted by Crippen LogP contribution is 2.39. The molecular formula is C17H20BrClO2. The van der Waals surface area contributed by atoms with Gasteiger partial charge in [0.05, 0.1) is 18.7 Å². The lowest BCUT2D eigenvalue weighted by Gasteiger charge is -2.13. The quantitative estimate of drug-likeness (QED) is 0.429. The van der Waals surface area contributed by atoms with Gasteiger partial charge in [-0.1, -0.05) is 64.6 Å². The van der Waals surface area contributed by atoms with Gasteiger partial charge >= 0.3 is 0 Å². The molecule has 2 rings (SSSR count). The first-order valence-corrected chi connectivity index (χ1v) is 8.72. The van der Waals surface area contributed by atoms with Crippen LogP contribution in [-0.2, 0) is 0 Å². The van der Waals surface area contributed by atoms with Crippen LogP contribution in [0.4, 0.5) is 0 Å². The number of halogens is 2. The first-order valence-electron chi connectivity index (χ1n) is 7.22. The predicted octanol–water partition coefficient (Wildman–Crippen LogP) is 5.84. The number of fused-ring (bicyclic) bond motifs is 1. The summed E-state index contributed by atoms with van der Waals surface area (Å²) in [5.41, 5.74) is 0. The molecule has 0 saturated heterocycles. The molecule has 0 unspecified atom stereocenters. The molecule has 0 spiro atoms. The summed E-state index contributed by atoms with van der Waals surface area (Å²) in [4.78, 5) is 0. The average Bonchev–Trinajstić information content (AvgIpc) is 2.51. The molecule has 114 valence electrons. The highest BCUT2D eigenvalue weighted by atomic mass is 79.9. The maximum atomic E-state index is 6.28. The number of methoxy groups -OCH3 is 1. The molecule has 0 fully saturated rings. The summed E-state index contributed by atoms with van der Waals surface area (Å²) in [6.45, 7) is 0.717. The zero-order valence-corrected chi connectivity index (χ0v) is 14.5. The molecule has 0 bridgehead atoms. The summed E-state index contributed by atoms with van der Waals surface area (Å²) in [7, 11) is 1.64. The van der Waals surface area contributed by atoms with Gasteiger partial charge in [-0.3, -0.25) is 0 Å². The Kier molecular flexibility index (Phi) is 6.65. The van der Waals surface area contributed by atoms with E-state index in [1.54, 1.807) is 7.11 Å². The van der Waals surface area contributed by atoms with Crippen LogP contribution in [0.3, 0.4) is 0 Å². The monoisotopic (exact) mass is 370 g/mol. The van der Waals surface area contributed by atoms with E-state index in [-0.39, 0.29) is 0 Å². The van der Waals surface area contributed by atoms with Gasteiger partial charge in [0.2, 0.25) is 0 Å². The molecular weight excluding hydrogens is 352 g/mol. The highest BCUT2D eigenvalue weighted by molar-refractivity contribution is 9.09. The summed E-state index contributed by atoms with van der Waals surface area (Å²) in [6.07, 6.45) is 4.70. The summed E-state index contributed by atoms with van der Waals surface area (Å²) in [5.74, 6) is 1.54. The number of hydrogen-bond acceptors (Lipinski definition) is 2. The van der Waals surface area contributed by atoms with Gasteiger partial charge in [-0.15, -0.1) is 0 Å². The van der Waals surface area contributed by atoms with Crippen molar-refractivity contribution >= 4 is 38.3 Å². The number of hydrogen-bond donors (Lipinski definition) is 0. The van der Waals surface area contributed by atoms with Crippen molar-refractivity contribution in [2.75, 3.05) is 19.0 Å². The zero-order valence-electron chi connectivity index (χ0n) is 12.2. The number of benzene rings is 2. The number of rotatable bonds is 8. The Balaban J connectivity index is 2.09. The molecule has 0 radical (unpaired) electrons. The fraction of sp³-hybridized carbons (Fsp3) is 0.412. The minimum absolute atomic E-state index is 0.588. The van der Waals surface area contributed by atoms with Gasteiger partial charge in [0.25, 0.3) is 0 Å². The topological polar surface area (TPSA) is 18.5 Å². The first kappa shape index (κ1) is 16.4. The Morgan fingerprint density at radius 3 is 2.48 bits per heavy atom. The zero-order chi connectivity index (χ0) is 15.1. The van der Waals surface area contributed by atoms with Crippen LogP contribution >= 0.6 is 27.5 Å². The highest BCUT2D eigenvalue weighted by Gasteiger charge is 2.11. The van der Waals surface area contributed by atoms with Gasteiger partial charge < -0.3 is 9.47 Å². The van der Waals surface area contributed by atoms with Crippen molar-refractivity contribution < 1.29 is 9.47 Å². The summed E-state index contributed by atoms with van der Waals surface area (Å²) >= 11 is 9.73. The molecule has 0 aliphatic rings. The molecule has 0 saturated carbocycles. The molecule has 0 amide bonds. The fourth-order valence-corrected chi connectivity index (χ4v) is 3.02. The van der Waals surface area contributed by atoms with E-state index >= 15 is 0 Å². The number of alkyl halides is 1. The van der Waals surface area contributed by atoms with Gasteiger partial charge in [-0.2, -0.15) is 0 Å². The molecule has 4 heteroatoms. The van der Waals surface area contributed by atoms with E-state index in [0.29, 0.717) is 10.8 Å². The van der Waals surface area contributed by atoms with Gasteiger partial charge in [-0.05, 0) is 12.8 Å². The van der Waals surface area contributed by atoms with Gasteiger partial charge in [0, 0.05) is 22.2 Å². The molecule has 0 heterocycles. The van der Waals surface area contributed by atoms with Crippen molar-refractivity contribution in [2.24, 2.45) is 0 Å². The minimum atomic E-state index is 0.588. The maximum Gasteiger partial charge on any atom is 0.145 e. The lowest BCUT2D eigenvalue weighted by molar-refractivity contribution is 0.308. The van der Waals surface area contributed by atoms with Crippen LogP contribution in [0.5, 0.6) is 11.5 Å². The molecule has 21 heavy (non-hydrogen) atoms. The first-order chi connectivity index (χ1) is 10.3. The van der Waals surface area contributed by atoms with Crippen LogP contribution in [0.1, 0.15) is 25.7 Å².